The van der Waals surface area contributed by atoms with Gasteiger partial charge in [-0.2, -0.15) is 0 Å². The lowest BCUT2D eigenvalue weighted by Crippen LogP contribution is -1.96. The van der Waals surface area contributed by atoms with Gasteiger partial charge in [0.25, 0.3) is 0 Å². The fourth-order valence-electron chi connectivity index (χ4n) is 1.83. The summed E-state index contributed by atoms with van der Waals surface area (Å²) in [6.07, 6.45) is 0. The Balaban J connectivity index is 2.43. The number of methoxy groups -OCH3 is 3. The predicted molar refractivity (Wildman–Crippen MR) is 79.3 cm³/mol. The summed E-state index contributed by atoms with van der Waals surface area (Å²) in [5.74, 6) is 1.83. The number of benzene rings is 2. The van der Waals surface area contributed by atoms with Gasteiger partial charge in [-0.25, -0.2) is 0 Å². The van der Waals surface area contributed by atoms with Crippen molar-refractivity contribution in [2.75, 3.05) is 21.3 Å². The molecule has 0 saturated carbocycles. The standard InChI is InChI=1S/C15H15NO6/c1-19-10-4-6-12(16(17)18)14(8-10)22-13-7-5-11(20-2)9-15(13)21-3/h4-9H,1-3H3. The number of nitrogens with zero attached hydrogens (tertiary/aromatic N) is 1. The van der Waals surface area contributed by atoms with E-state index in [1.807, 2.05) is 0 Å². The largest absolute Gasteiger partial charge is 0.497 e. The molecule has 0 heterocycles. The fourth-order valence-corrected chi connectivity index (χ4v) is 1.83. The summed E-state index contributed by atoms with van der Waals surface area (Å²) in [4.78, 5) is 10.6. The van der Waals surface area contributed by atoms with E-state index >= 15 is 0 Å². The van der Waals surface area contributed by atoms with Crippen LogP contribution in [-0.4, -0.2) is 26.3 Å². The molecule has 2 rings (SSSR count). The summed E-state index contributed by atoms with van der Waals surface area (Å²) in [7, 11) is 4.47. The molecule has 0 saturated heterocycles. The lowest BCUT2D eigenvalue weighted by Gasteiger charge is -2.12. The van der Waals surface area contributed by atoms with Gasteiger partial charge in [0.05, 0.1) is 26.3 Å². The van der Waals surface area contributed by atoms with Gasteiger partial charge in [-0.1, -0.05) is 0 Å². The van der Waals surface area contributed by atoms with Crippen molar-refractivity contribution in [2.45, 2.75) is 0 Å². The summed E-state index contributed by atoms with van der Waals surface area (Å²) in [5.41, 5.74) is -0.168. The van der Waals surface area contributed by atoms with Crippen LogP contribution >= 0.6 is 0 Å². The zero-order valence-electron chi connectivity index (χ0n) is 12.4. The maximum absolute atomic E-state index is 11.1. The summed E-state index contributed by atoms with van der Waals surface area (Å²) in [5, 5.41) is 11.1. The average molecular weight is 305 g/mol. The smallest absolute Gasteiger partial charge is 0.311 e. The van der Waals surface area contributed by atoms with Crippen LogP contribution in [0, 0.1) is 10.1 Å². The van der Waals surface area contributed by atoms with Crippen LogP contribution in [0.25, 0.3) is 0 Å². The van der Waals surface area contributed by atoms with E-state index in [1.165, 1.54) is 39.5 Å². The van der Waals surface area contributed by atoms with Gasteiger partial charge in [-0.15, -0.1) is 0 Å². The first-order valence-corrected chi connectivity index (χ1v) is 6.31. The van der Waals surface area contributed by atoms with Crippen LogP contribution in [0.5, 0.6) is 28.7 Å². The molecule has 7 heteroatoms. The second-order valence-electron chi connectivity index (χ2n) is 4.21. The van der Waals surface area contributed by atoms with Crippen molar-refractivity contribution in [2.24, 2.45) is 0 Å². The molecule has 0 fully saturated rings. The molecule has 0 bridgehead atoms. The van der Waals surface area contributed by atoms with E-state index in [-0.39, 0.29) is 11.4 Å². The van der Waals surface area contributed by atoms with Gasteiger partial charge in [0, 0.05) is 18.2 Å². The molecule has 7 nitrogen and oxygen atoms in total. The highest BCUT2D eigenvalue weighted by Crippen LogP contribution is 2.39. The lowest BCUT2D eigenvalue weighted by molar-refractivity contribution is -0.385. The average Bonchev–Trinajstić information content (AvgIpc) is 2.54. The van der Waals surface area contributed by atoms with Gasteiger partial charge < -0.3 is 18.9 Å². The van der Waals surface area contributed by atoms with E-state index in [0.29, 0.717) is 23.0 Å². The summed E-state index contributed by atoms with van der Waals surface area (Å²) < 4.78 is 21.0. The molecule has 0 aliphatic carbocycles. The third kappa shape index (κ3) is 3.20. The Labute approximate surface area is 127 Å². The van der Waals surface area contributed by atoms with E-state index in [4.69, 9.17) is 18.9 Å². The van der Waals surface area contributed by atoms with Crippen molar-refractivity contribution < 1.29 is 23.9 Å². The molecular formula is C15H15NO6. The minimum Gasteiger partial charge on any atom is -0.497 e. The molecule has 0 aliphatic heterocycles. The van der Waals surface area contributed by atoms with Crippen molar-refractivity contribution >= 4 is 5.69 Å². The molecule has 22 heavy (non-hydrogen) atoms. The zero-order chi connectivity index (χ0) is 16.1. The van der Waals surface area contributed by atoms with E-state index in [0.717, 1.165) is 0 Å². The molecule has 0 aromatic heterocycles. The Morgan fingerprint density at radius 1 is 0.818 bits per heavy atom. The highest BCUT2D eigenvalue weighted by Gasteiger charge is 2.18. The molecule has 0 atom stereocenters. The van der Waals surface area contributed by atoms with Crippen LogP contribution in [0.15, 0.2) is 36.4 Å². The molecule has 0 spiro atoms. The summed E-state index contributed by atoms with van der Waals surface area (Å²) in [6, 6.07) is 9.17. The molecule has 0 N–H and O–H groups in total. The number of hydrogen-bond acceptors (Lipinski definition) is 6. The minimum atomic E-state index is -0.523. The maximum Gasteiger partial charge on any atom is 0.311 e. The second-order valence-corrected chi connectivity index (χ2v) is 4.21. The normalized spacial score (nSPS) is 9.95. The van der Waals surface area contributed by atoms with Crippen LogP contribution in [0.2, 0.25) is 0 Å². The van der Waals surface area contributed by atoms with Crippen LogP contribution in [-0.2, 0) is 0 Å². The van der Waals surface area contributed by atoms with Crippen LogP contribution in [0.4, 0.5) is 5.69 Å². The third-order valence-corrected chi connectivity index (χ3v) is 2.95. The Morgan fingerprint density at radius 2 is 1.41 bits per heavy atom. The topological polar surface area (TPSA) is 80.1 Å². The van der Waals surface area contributed by atoms with Crippen LogP contribution in [0.1, 0.15) is 0 Å². The first-order chi connectivity index (χ1) is 10.6. The van der Waals surface area contributed by atoms with Gasteiger partial charge in [0.2, 0.25) is 5.75 Å². The van der Waals surface area contributed by atoms with Crippen molar-refractivity contribution in [3.8, 4) is 28.7 Å². The van der Waals surface area contributed by atoms with E-state index in [2.05, 4.69) is 0 Å². The molecule has 0 amide bonds. The number of ether oxygens (including phenoxy) is 4. The SMILES string of the molecule is COc1ccc(Oc2cc(OC)ccc2[N+](=O)[O-])c(OC)c1. The Hall–Kier alpha value is -2.96. The summed E-state index contributed by atoms with van der Waals surface area (Å²) in [6.45, 7) is 0. The van der Waals surface area contributed by atoms with E-state index < -0.39 is 4.92 Å². The van der Waals surface area contributed by atoms with Crippen molar-refractivity contribution in [1.82, 2.24) is 0 Å². The van der Waals surface area contributed by atoms with Crippen molar-refractivity contribution in [1.29, 1.82) is 0 Å². The minimum absolute atomic E-state index is 0.0628. The second kappa shape index (κ2) is 6.66. The molecule has 0 radical (unpaired) electrons. The molecular weight excluding hydrogens is 290 g/mol. The summed E-state index contributed by atoms with van der Waals surface area (Å²) >= 11 is 0. The highest BCUT2D eigenvalue weighted by atomic mass is 16.6. The lowest BCUT2D eigenvalue weighted by atomic mass is 10.2. The third-order valence-electron chi connectivity index (χ3n) is 2.95. The number of hydrogen-bond donors (Lipinski definition) is 0. The van der Waals surface area contributed by atoms with Crippen LogP contribution < -0.4 is 18.9 Å². The maximum atomic E-state index is 11.1. The monoisotopic (exact) mass is 305 g/mol. The molecule has 0 aliphatic rings. The van der Waals surface area contributed by atoms with Crippen molar-refractivity contribution in [3.63, 3.8) is 0 Å². The zero-order valence-corrected chi connectivity index (χ0v) is 12.4. The van der Waals surface area contributed by atoms with Crippen LogP contribution in [0.3, 0.4) is 0 Å². The number of nitro benzene ring substituents is 1. The van der Waals surface area contributed by atoms with Gasteiger partial charge in [-0.3, -0.25) is 10.1 Å². The van der Waals surface area contributed by atoms with Gasteiger partial charge in [-0.05, 0) is 18.2 Å². The quantitative estimate of drug-likeness (QED) is 0.601. The van der Waals surface area contributed by atoms with Crippen molar-refractivity contribution in [3.05, 3.63) is 46.5 Å². The molecule has 2 aromatic carbocycles. The van der Waals surface area contributed by atoms with E-state index in [9.17, 15) is 10.1 Å². The number of rotatable bonds is 6. The Morgan fingerprint density at radius 3 is 1.95 bits per heavy atom. The van der Waals surface area contributed by atoms with Gasteiger partial charge in [0.1, 0.15) is 11.5 Å². The van der Waals surface area contributed by atoms with Gasteiger partial charge in [0.15, 0.2) is 11.5 Å². The van der Waals surface area contributed by atoms with E-state index in [1.54, 1.807) is 18.2 Å². The molecule has 0 unspecified atom stereocenters. The number of nitro groups is 1. The molecule has 2 aromatic rings. The highest BCUT2D eigenvalue weighted by molar-refractivity contribution is 5.55. The Kier molecular flexibility index (Phi) is 4.67. The fraction of sp³-hybridized carbons (Fsp3) is 0.200. The van der Waals surface area contributed by atoms with Gasteiger partial charge >= 0.3 is 5.69 Å². The predicted octanol–water partition coefficient (Wildman–Crippen LogP) is 3.41. The Bertz CT molecular complexity index is 686. The first kappa shape index (κ1) is 15.4. The molecule has 116 valence electrons. The first-order valence-electron chi connectivity index (χ1n) is 6.31.